The van der Waals surface area contributed by atoms with Gasteiger partial charge in [0.15, 0.2) is 11.5 Å². The summed E-state index contributed by atoms with van der Waals surface area (Å²) in [5.41, 5.74) is 0.611. The number of nitriles is 1. The van der Waals surface area contributed by atoms with Gasteiger partial charge in [0.25, 0.3) is 0 Å². The fourth-order valence-electron chi connectivity index (χ4n) is 2.78. The maximum Gasteiger partial charge on any atom is 0.490 e. The molecule has 0 atom stereocenters. The molecule has 31 heavy (non-hydrogen) atoms. The van der Waals surface area contributed by atoms with E-state index in [1.165, 1.54) is 9.13 Å². The van der Waals surface area contributed by atoms with Crippen molar-refractivity contribution in [3.8, 4) is 17.9 Å². The van der Waals surface area contributed by atoms with E-state index in [0.717, 1.165) is 26.2 Å². The number of fused-ring (bicyclic) bond motifs is 1. The minimum Gasteiger partial charge on any atom is -0.475 e. The fourth-order valence-corrected chi connectivity index (χ4v) is 2.94. The summed E-state index contributed by atoms with van der Waals surface area (Å²) in [7, 11) is 0. The van der Waals surface area contributed by atoms with Crippen LogP contribution in [0.25, 0.3) is 11.2 Å². The van der Waals surface area contributed by atoms with Crippen molar-refractivity contribution in [2.24, 2.45) is 0 Å². The van der Waals surface area contributed by atoms with Crippen LogP contribution in [0, 0.1) is 23.2 Å². The van der Waals surface area contributed by atoms with Crippen LogP contribution in [0.2, 0.25) is 5.28 Å². The average Bonchev–Trinajstić information content (AvgIpc) is 2.97. The van der Waals surface area contributed by atoms with E-state index < -0.39 is 12.1 Å². The minimum atomic E-state index is -5.08. The Morgan fingerprint density at radius 1 is 1.26 bits per heavy atom. The topological polar surface area (TPSA) is 129 Å². The van der Waals surface area contributed by atoms with Crippen LogP contribution in [0.1, 0.15) is 6.92 Å². The Balaban J connectivity index is 0.000000423. The molecule has 2 aromatic rings. The zero-order chi connectivity index (χ0) is 23.2. The number of piperazine rings is 1. The monoisotopic (exact) mass is 459 g/mol. The van der Waals surface area contributed by atoms with Gasteiger partial charge in [-0.05, 0) is 18.5 Å². The third-order valence-corrected chi connectivity index (χ3v) is 4.28. The highest BCUT2D eigenvalue weighted by atomic mass is 35.5. The molecule has 166 valence electrons. The van der Waals surface area contributed by atoms with Crippen molar-refractivity contribution in [1.29, 1.82) is 5.26 Å². The van der Waals surface area contributed by atoms with Crippen LogP contribution in [0.3, 0.4) is 0 Å². The highest BCUT2D eigenvalue weighted by Gasteiger charge is 2.38. The molecule has 0 radical (unpaired) electrons. The van der Waals surface area contributed by atoms with Gasteiger partial charge in [-0.25, -0.2) is 9.59 Å². The Bertz CT molecular complexity index is 1120. The number of carboxylic acids is 1. The smallest absolute Gasteiger partial charge is 0.475 e. The van der Waals surface area contributed by atoms with E-state index in [2.05, 4.69) is 32.0 Å². The SMILES string of the molecule is CC#CCn1c(=O)n(CC#N)c2nc(Cl)nc(N3CCNCC3)c21.O=C(O)C(F)(F)F. The van der Waals surface area contributed by atoms with Gasteiger partial charge in [-0.15, -0.1) is 5.92 Å². The predicted molar refractivity (Wildman–Crippen MR) is 105 cm³/mol. The molecule has 2 N–H and O–H groups in total. The van der Waals surface area contributed by atoms with E-state index in [0.29, 0.717) is 17.0 Å². The van der Waals surface area contributed by atoms with Crippen LogP contribution in [-0.2, 0) is 17.9 Å². The highest BCUT2D eigenvalue weighted by Crippen LogP contribution is 2.25. The number of hydrogen-bond acceptors (Lipinski definition) is 7. The molecule has 0 amide bonds. The number of aliphatic carboxylic acids is 1. The Labute approximate surface area is 178 Å². The summed E-state index contributed by atoms with van der Waals surface area (Å²) < 4.78 is 34.6. The molecule has 0 unspecified atom stereocenters. The lowest BCUT2D eigenvalue weighted by molar-refractivity contribution is -0.192. The van der Waals surface area contributed by atoms with Crippen molar-refractivity contribution in [3.63, 3.8) is 0 Å². The lowest BCUT2D eigenvalue weighted by atomic mass is 10.3. The van der Waals surface area contributed by atoms with Crippen molar-refractivity contribution in [1.82, 2.24) is 24.4 Å². The van der Waals surface area contributed by atoms with Gasteiger partial charge in [-0.3, -0.25) is 9.13 Å². The van der Waals surface area contributed by atoms with Gasteiger partial charge in [0.05, 0.1) is 12.6 Å². The van der Waals surface area contributed by atoms with Crippen molar-refractivity contribution in [2.45, 2.75) is 26.2 Å². The Kier molecular flexibility index (Phi) is 7.85. The van der Waals surface area contributed by atoms with Crippen LogP contribution in [0.15, 0.2) is 4.79 Å². The molecular formula is C17H17ClF3N7O3. The number of nitrogens with one attached hydrogen (secondary N) is 1. The van der Waals surface area contributed by atoms with E-state index >= 15 is 0 Å². The van der Waals surface area contributed by atoms with E-state index in [9.17, 15) is 18.0 Å². The number of anilines is 1. The number of carbonyl (C=O) groups is 1. The second kappa shape index (κ2) is 10.1. The van der Waals surface area contributed by atoms with Crippen LogP contribution in [-0.4, -0.2) is 62.5 Å². The number of rotatable bonds is 3. The van der Waals surface area contributed by atoms with Gasteiger partial charge in [-0.1, -0.05) is 5.92 Å². The van der Waals surface area contributed by atoms with Crippen molar-refractivity contribution in [3.05, 3.63) is 15.8 Å². The Hall–Kier alpha value is -3.29. The summed E-state index contributed by atoms with van der Waals surface area (Å²) in [4.78, 5) is 32.2. The normalized spacial score (nSPS) is 13.6. The van der Waals surface area contributed by atoms with Crippen LogP contribution in [0.4, 0.5) is 19.0 Å². The fraction of sp³-hybridized carbons (Fsp3) is 0.471. The molecule has 0 bridgehead atoms. The van der Waals surface area contributed by atoms with Crippen molar-refractivity contribution >= 4 is 34.6 Å². The van der Waals surface area contributed by atoms with E-state index in [1.54, 1.807) is 6.92 Å². The molecule has 1 aliphatic rings. The number of hydrogen-bond donors (Lipinski definition) is 2. The van der Waals surface area contributed by atoms with Crippen LogP contribution in [0.5, 0.6) is 0 Å². The van der Waals surface area contributed by atoms with Gasteiger partial charge < -0.3 is 15.3 Å². The quantitative estimate of drug-likeness (QED) is 0.510. The first-order chi connectivity index (χ1) is 14.6. The molecule has 2 aromatic heterocycles. The summed E-state index contributed by atoms with van der Waals surface area (Å²) in [6, 6.07) is 1.99. The molecule has 0 aliphatic carbocycles. The lowest BCUT2D eigenvalue weighted by Gasteiger charge is -2.28. The number of carboxylic acid groups (broad SMARTS) is 1. The number of nitrogens with zero attached hydrogens (tertiary/aromatic N) is 6. The molecule has 1 fully saturated rings. The van der Waals surface area contributed by atoms with Gasteiger partial charge in [0.1, 0.15) is 12.1 Å². The molecule has 0 spiro atoms. The molecule has 3 heterocycles. The molecular weight excluding hydrogens is 443 g/mol. The average molecular weight is 460 g/mol. The first kappa shape index (κ1) is 24.0. The number of alkyl halides is 3. The molecule has 1 aliphatic heterocycles. The molecule has 10 nitrogen and oxygen atoms in total. The maximum absolute atomic E-state index is 12.7. The second-order valence-electron chi connectivity index (χ2n) is 6.07. The molecule has 0 aromatic carbocycles. The second-order valence-corrected chi connectivity index (χ2v) is 6.41. The number of imidazole rings is 1. The summed E-state index contributed by atoms with van der Waals surface area (Å²) in [6.45, 7) is 4.97. The third kappa shape index (κ3) is 5.65. The van der Waals surface area contributed by atoms with Crippen molar-refractivity contribution in [2.75, 3.05) is 31.1 Å². The van der Waals surface area contributed by atoms with Gasteiger partial charge in [-0.2, -0.15) is 28.4 Å². The third-order valence-electron chi connectivity index (χ3n) is 4.11. The standard InChI is InChI=1S/C15H16ClN7O.C2HF3O2/c1-2-3-7-22-11-12(21-9-5-18-6-10-21)19-14(16)20-13(11)23(8-4-17)15(22)24;3-2(4,5)1(6)7/h18H,5-10H2,1H3;(H,6,7). The summed E-state index contributed by atoms with van der Waals surface area (Å²) >= 11 is 6.08. The highest BCUT2D eigenvalue weighted by molar-refractivity contribution is 6.28. The minimum absolute atomic E-state index is 0.0569. The Morgan fingerprint density at radius 3 is 2.39 bits per heavy atom. The van der Waals surface area contributed by atoms with Crippen molar-refractivity contribution < 1.29 is 23.1 Å². The first-order valence-electron chi connectivity index (χ1n) is 8.80. The largest absolute Gasteiger partial charge is 0.490 e. The predicted octanol–water partition coefficient (Wildman–Crippen LogP) is 0.836. The van der Waals surface area contributed by atoms with Crippen LogP contribution >= 0.6 is 11.6 Å². The summed E-state index contributed by atoms with van der Waals surface area (Å²) in [5.74, 6) is 3.53. The number of aromatic nitrogens is 4. The number of halogens is 4. The van der Waals surface area contributed by atoms with Crippen LogP contribution < -0.4 is 15.9 Å². The van der Waals surface area contributed by atoms with Gasteiger partial charge in [0, 0.05) is 26.2 Å². The van der Waals surface area contributed by atoms with Gasteiger partial charge in [0.2, 0.25) is 5.28 Å². The summed E-state index contributed by atoms with van der Waals surface area (Å²) in [6.07, 6.45) is -5.08. The molecule has 3 rings (SSSR count). The Morgan fingerprint density at radius 2 is 1.87 bits per heavy atom. The lowest BCUT2D eigenvalue weighted by Crippen LogP contribution is -2.44. The first-order valence-corrected chi connectivity index (χ1v) is 9.18. The van der Waals surface area contributed by atoms with Gasteiger partial charge >= 0.3 is 17.8 Å². The zero-order valence-corrected chi connectivity index (χ0v) is 17.0. The zero-order valence-electron chi connectivity index (χ0n) is 16.2. The summed E-state index contributed by atoms with van der Waals surface area (Å²) in [5, 5.41) is 19.5. The van der Waals surface area contributed by atoms with E-state index in [-0.39, 0.29) is 24.1 Å². The molecule has 14 heteroatoms. The maximum atomic E-state index is 12.7. The molecule has 0 saturated carbocycles. The molecule has 1 saturated heterocycles. The van der Waals surface area contributed by atoms with E-state index in [4.69, 9.17) is 26.8 Å². The van der Waals surface area contributed by atoms with E-state index in [1.807, 2.05) is 6.07 Å².